The van der Waals surface area contributed by atoms with E-state index in [2.05, 4.69) is 60.8 Å². The van der Waals surface area contributed by atoms with E-state index in [1.165, 1.54) is 0 Å². The van der Waals surface area contributed by atoms with Crippen LogP contribution in [-0.4, -0.2) is 49.8 Å². The normalized spacial score (nSPS) is 10.3. The Balaban J connectivity index is 0.000000140. The zero-order chi connectivity index (χ0) is 33.8. The number of hydrogen-bond donors (Lipinski definition) is 0. The summed E-state index contributed by atoms with van der Waals surface area (Å²) in [4.78, 5) is 43.9. The van der Waals surface area contributed by atoms with Crippen LogP contribution in [-0.2, 0) is 0 Å². The predicted molar refractivity (Wildman–Crippen MR) is 197 cm³/mol. The first-order chi connectivity index (χ1) is 24.0. The molecule has 8 aromatic heterocycles. The van der Waals surface area contributed by atoms with Crippen LogP contribution in [0.1, 0.15) is 11.4 Å². The van der Waals surface area contributed by atoms with Gasteiger partial charge in [-0.05, 0) is 90.4 Å². The maximum absolute atomic E-state index is 4.71. The lowest BCUT2D eigenvalue weighted by Gasteiger charge is -2.02. The number of rotatable bonds is 5. The molecule has 8 aromatic rings. The van der Waals surface area contributed by atoms with Gasteiger partial charge in [0.25, 0.3) is 0 Å². The summed E-state index contributed by atoms with van der Waals surface area (Å²) in [6.45, 7) is 4.00. The molecule has 49 heavy (non-hydrogen) atoms. The Hall–Kier alpha value is -5.50. The number of nitrogens with zero attached hydrogens (tertiary/aromatic N) is 10. The molecule has 0 aliphatic rings. The molecule has 0 radical (unpaired) electrons. The highest BCUT2D eigenvalue weighted by Gasteiger charge is 2.14. The first kappa shape index (κ1) is 33.4. The van der Waals surface area contributed by atoms with Crippen LogP contribution in [0, 0.1) is 13.8 Å². The van der Waals surface area contributed by atoms with Crippen molar-refractivity contribution in [3.05, 3.63) is 144 Å². The van der Waals surface area contributed by atoms with Gasteiger partial charge in [0.1, 0.15) is 26.0 Å². The third kappa shape index (κ3) is 9.11. The number of pyridine rings is 4. The summed E-state index contributed by atoms with van der Waals surface area (Å²) < 4.78 is 0.789. The van der Waals surface area contributed by atoms with Crippen molar-refractivity contribution < 1.29 is 0 Å². The van der Waals surface area contributed by atoms with Crippen molar-refractivity contribution in [2.45, 2.75) is 13.8 Å². The molecule has 13 heteroatoms. The predicted octanol–water partition coefficient (Wildman–Crippen LogP) is 8.85. The van der Waals surface area contributed by atoms with Gasteiger partial charge in [-0.15, -0.1) is 22.7 Å². The second kappa shape index (κ2) is 16.6. The van der Waals surface area contributed by atoms with Gasteiger partial charge in [0.2, 0.25) is 0 Å². The Labute approximate surface area is 299 Å². The van der Waals surface area contributed by atoms with Crippen LogP contribution < -0.4 is 0 Å². The average molecular weight is 744 g/mol. The maximum Gasteiger partial charge on any atom is 0.178 e. The minimum absolute atomic E-state index is 0.619. The van der Waals surface area contributed by atoms with Crippen LogP contribution in [0.4, 0.5) is 0 Å². The zero-order valence-corrected chi connectivity index (χ0v) is 29.5. The quantitative estimate of drug-likeness (QED) is 0.158. The molecule has 0 N–H and O–H groups in total. The Morgan fingerprint density at radius 1 is 0.531 bits per heavy atom. The lowest BCUT2D eigenvalue weighted by atomic mass is 10.2. The van der Waals surface area contributed by atoms with Crippen LogP contribution in [0.3, 0.4) is 0 Å². The van der Waals surface area contributed by atoms with E-state index >= 15 is 0 Å². The molecule has 0 atom stereocenters. The molecule has 10 nitrogen and oxygen atoms in total. The summed E-state index contributed by atoms with van der Waals surface area (Å²) in [6.07, 6.45) is 14.0. The van der Waals surface area contributed by atoms with E-state index in [9.17, 15) is 0 Å². The van der Waals surface area contributed by atoms with Gasteiger partial charge in [0.15, 0.2) is 11.6 Å². The monoisotopic (exact) mass is 742 g/mol. The van der Waals surface area contributed by atoms with Crippen LogP contribution in [0.2, 0.25) is 0 Å². The van der Waals surface area contributed by atoms with E-state index in [0.29, 0.717) is 11.6 Å². The van der Waals surface area contributed by atoms with Crippen molar-refractivity contribution in [3.8, 4) is 54.7 Å². The van der Waals surface area contributed by atoms with Crippen molar-refractivity contribution in [3.63, 3.8) is 0 Å². The van der Waals surface area contributed by atoms with Crippen molar-refractivity contribution >= 4 is 38.6 Å². The second-order valence-electron chi connectivity index (χ2n) is 10.1. The summed E-state index contributed by atoms with van der Waals surface area (Å²) in [5, 5.41) is 4.03. The number of thiazole rings is 2. The molecule has 0 bridgehead atoms. The fraction of sp³-hybridized carbons (Fsp3) is 0.0556. The largest absolute Gasteiger partial charge is 0.264 e. The van der Waals surface area contributed by atoms with Gasteiger partial charge >= 0.3 is 0 Å². The van der Waals surface area contributed by atoms with Crippen LogP contribution >= 0.6 is 38.6 Å². The third-order valence-corrected chi connectivity index (χ3v) is 9.20. The van der Waals surface area contributed by atoms with Gasteiger partial charge < -0.3 is 0 Å². The molecule has 0 saturated carbocycles. The first-order valence-electron chi connectivity index (χ1n) is 14.9. The summed E-state index contributed by atoms with van der Waals surface area (Å²) in [5.74, 6) is 1.26. The van der Waals surface area contributed by atoms with Crippen molar-refractivity contribution in [2.75, 3.05) is 0 Å². The average Bonchev–Trinajstić information content (AvgIpc) is 3.79. The first-order valence-corrected chi connectivity index (χ1v) is 17.4. The fourth-order valence-corrected chi connectivity index (χ4v) is 6.46. The highest BCUT2D eigenvalue weighted by molar-refractivity contribution is 9.10. The lowest BCUT2D eigenvalue weighted by Crippen LogP contribution is -1.92. The molecular weight excluding hydrogens is 717 g/mol. The van der Waals surface area contributed by atoms with Gasteiger partial charge in [0.05, 0.1) is 16.3 Å². The molecule has 0 aliphatic carbocycles. The Morgan fingerprint density at radius 3 is 1.65 bits per heavy atom. The minimum atomic E-state index is 0.619. The molecule has 240 valence electrons. The molecular formula is C36H27BrN10S2. The molecule has 8 rings (SSSR count). The van der Waals surface area contributed by atoms with Gasteiger partial charge in [-0.3, -0.25) is 9.97 Å². The molecule has 0 aliphatic heterocycles. The Kier molecular flexibility index (Phi) is 11.3. The van der Waals surface area contributed by atoms with Crippen LogP contribution in [0.5, 0.6) is 0 Å². The SMILES string of the molecule is Brc1cccc(-c2ncccn2)n1.Cc1csc(-c2cccnc2)n1.Cc1nc(-c2cccnc2)sc1-c1cccc(-c2ncccn2)n1. The molecule has 0 amide bonds. The van der Waals surface area contributed by atoms with E-state index in [-0.39, 0.29) is 0 Å². The summed E-state index contributed by atoms with van der Waals surface area (Å²) in [5.41, 5.74) is 6.54. The molecule has 0 unspecified atom stereocenters. The number of aromatic nitrogens is 10. The summed E-state index contributed by atoms with van der Waals surface area (Å²) in [7, 11) is 0. The van der Waals surface area contributed by atoms with E-state index in [1.54, 1.807) is 72.0 Å². The Morgan fingerprint density at radius 2 is 1.10 bits per heavy atom. The van der Waals surface area contributed by atoms with Crippen molar-refractivity contribution in [1.29, 1.82) is 0 Å². The molecule has 0 aromatic carbocycles. The van der Waals surface area contributed by atoms with E-state index in [4.69, 9.17) is 4.98 Å². The number of aryl methyl sites for hydroxylation is 2. The molecule has 8 heterocycles. The summed E-state index contributed by atoms with van der Waals surface area (Å²) >= 11 is 6.56. The maximum atomic E-state index is 4.71. The summed E-state index contributed by atoms with van der Waals surface area (Å²) in [6, 6.07) is 23.0. The van der Waals surface area contributed by atoms with E-state index in [1.807, 2.05) is 92.3 Å². The van der Waals surface area contributed by atoms with Crippen LogP contribution in [0.25, 0.3) is 54.7 Å². The molecule has 0 saturated heterocycles. The topological polar surface area (TPSA) is 129 Å². The fourth-order valence-electron chi connectivity index (χ4n) is 4.30. The highest BCUT2D eigenvalue weighted by atomic mass is 79.9. The lowest BCUT2D eigenvalue weighted by molar-refractivity contribution is 1.13. The van der Waals surface area contributed by atoms with Gasteiger partial charge in [0, 0.05) is 71.8 Å². The van der Waals surface area contributed by atoms with E-state index in [0.717, 1.165) is 59.1 Å². The Bertz CT molecular complexity index is 2220. The highest BCUT2D eigenvalue weighted by Crippen LogP contribution is 2.34. The smallest absolute Gasteiger partial charge is 0.178 e. The van der Waals surface area contributed by atoms with Gasteiger partial charge in [-0.25, -0.2) is 39.9 Å². The van der Waals surface area contributed by atoms with Gasteiger partial charge in [-0.2, -0.15) is 0 Å². The van der Waals surface area contributed by atoms with Crippen LogP contribution in [0.15, 0.2) is 132 Å². The second-order valence-corrected chi connectivity index (χ2v) is 12.8. The minimum Gasteiger partial charge on any atom is -0.264 e. The van der Waals surface area contributed by atoms with Gasteiger partial charge in [-0.1, -0.05) is 12.1 Å². The number of halogens is 1. The molecule has 0 spiro atoms. The van der Waals surface area contributed by atoms with Crippen molar-refractivity contribution in [1.82, 2.24) is 49.8 Å². The standard InChI is InChI=1S/C18H13N5S.C9H6BrN3.C9H8N2S/c1-12-16(24-18(22-12)13-5-3-8-19-11-13)14-6-2-7-15(23-14)17-20-9-4-10-21-17;10-8-4-1-3-7(13-8)9-11-5-2-6-12-9;1-7-6-12-9(11-7)8-3-2-4-10-5-8/h2-11H,1H3;1-6H;2-6H,1H3. The molecule has 0 fully saturated rings. The third-order valence-electron chi connectivity index (χ3n) is 6.52. The van der Waals surface area contributed by atoms with E-state index < -0.39 is 0 Å². The number of hydrogen-bond acceptors (Lipinski definition) is 12. The van der Waals surface area contributed by atoms with Crippen molar-refractivity contribution in [2.24, 2.45) is 0 Å². The zero-order valence-electron chi connectivity index (χ0n) is 26.3.